The van der Waals surface area contributed by atoms with E-state index in [2.05, 4.69) is 47.9 Å². The van der Waals surface area contributed by atoms with Crippen molar-refractivity contribution in [1.29, 1.82) is 0 Å². The number of phenolic OH excluding ortho intramolecular Hbond substituents is 2. The monoisotopic (exact) mass is 732 g/mol. The molecule has 1 aliphatic carbocycles. The molecule has 1 aliphatic rings. The van der Waals surface area contributed by atoms with Crippen molar-refractivity contribution in [3.05, 3.63) is 226 Å². The van der Waals surface area contributed by atoms with Crippen LogP contribution in [-0.4, -0.2) is 10.2 Å². The normalized spacial score (nSPS) is 12.0. The van der Waals surface area contributed by atoms with Crippen molar-refractivity contribution >= 4 is 11.4 Å². The molecular weight excluding hydrogens is 697 g/mol. The Morgan fingerprint density at radius 2 is 0.754 bits per heavy atom. The lowest BCUT2D eigenvalue weighted by atomic mass is 9.66. The summed E-state index contributed by atoms with van der Waals surface area (Å²) in [4.78, 5) is 0. The first-order chi connectivity index (χ1) is 27.9. The minimum atomic E-state index is -1.07. The zero-order valence-corrected chi connectivity index (χ0v) is 30.9. The topological polar surface area (TPSA) is 92.5 Å². The van der Waals surface area contributed by atoms with Gasteiger partial charge < -0.3 is 21.7 Å². The van der Waals surface area contributed by atoms with Gasteiger partial charge in [0.15, 0.2) is 0 Å². The molecule has 4 nitrogen and oxygen atoms in total. The average molecular weight is 733 g/mol. The van der Waals surface area contributed by atoms with Crippen molar-refractivity contribution in [2.24, 2.45) is 0 Å². The van der Waals surface area contributed by atoms with Crippen LogP contribution < -0.4 is 11.5 Å². The summed E-state index contributed by atoms with van der Waals surface area (Å²) in [6.07, 6.45) is 0. The van der Waals surface area contributed by atoms with Crippen molar-refractivity contribution in [3.63, 3.8) is 0 Å². The van der Waals surface area contributed by atoms with E-state index in [4.69, 9.17) is 11.5 Å². The molecule has 270 valence electrons. The zero-order valence-electron chi connectivity index (χ0n) is 30.9. The van der Waals surface area contributed by atoms with E-state index in [1.54, 1.807) is 0 Å². The number of nitrogen functional groups attached to an aromatic ring is 2. The van der Waals surface area contributed by atoms with Crippen LogP contribution in [0.2, 0.25) is 0 Å². The number of hydrogen-bond donors (Lipinski definition) is 4. The summed E-state index contributed by atoms with van der Waals surface area (Å²) < 4.78 is 0. The maximum atomic E-state index is 11.6. The van der Waals surface area contributed by atoms with Gasteiger partial charge in [-0.15, -0.1) is 0 Å². The van der Waals surface area contributed by atoms with Crippen LogP contribution in [0.4, 0.5) is 11.4 Å². The first-order valence-electron chi connectivity index (χ1n) is 18.7. The molecule has 0 radical (unpaired) electrons. The van der Waals surface area contributed by atoms with E-state index in [0.717, 1.165) is 66.8 Å². The van der Waals surface area contributed by atoms with Gasteiger partial charge in [-0.2, -0.15) is 0 Å². The van der Waals surface area contributed by atoms with Crippen molar-refractivity contribution in [1.82, 2.24) is 0 Å². The maximum Gasteiger partial charge on any atom is 0.146 e. The van der Waals surface area contributed by atoms with Gasteiger partial charge >= 0.3 is 0 Å². The molecule has 8 aromatic carbocycles. The molecule has 57 heavy (non-hydrogen) atoms. The molecule has 8 aromatic rings. The van der Waals surface area contributed by atoms with Crippen molar-refractivity contribution < 1.29 is 10.2 Å². The number of aromatic hydroxyl groups is 2. The highest BCUT2D eigenvalue weighted by Crippen LogP contribution is 2.60. The largest absolute Gasteiger partial charge is 0.505 e. The SMILES string of the molecule is Nc1cc(C2(c3cc(N)c(O)c(-c4ccccc4)c3)c3cccc(C#Cc4ccccc4)c3-c3c(C#Cc4ccccc4)cccc32)cc(-c2ccccc2)c1O. The van der Waals surface area contributed by atoms with E-state index in [-0.39, 0.29) is 22.9 Å². The lowest BCUT2D eigenvalue weighted by Crippen LogP contribution is -2.29. The highest BCUT2D eigenvalue weighted by molar-refractivity contribution is 5.95. The molecule has 6 N–H and O–H groups in total. The van der Waals surface area contributed by atoms with Crippen molar-refractivity contribution in [2.45, 2.75) is 5.41 Å². The quantitative estimate of drug-likeness (QED) is 0.0823. The summed E-state index contributed by atoms with van der Waals surface area (Å²) in [5, 5.41) is 23.1. The van der Waals surface area contributed by atoms with Gasteiger partial charge in [0.25, 0.3) is 0 Å². The second-order valence-electron chi connectivity index (χ2n) is 14.1. The van der Waals surface area contributed by atoms with Crippen LogP contribution in [0.5, 0.6) is 11.5 Å². The van der Waals surface area contributed by atoms with Crippen LogP contribution in [-0.2, 0) is 5.41 Å². The number of hydrogen-bond acceptors (Lipinski definition) is 4. The molecule has 0 fully saturated rings. The molecule has 0 unspecified atom stereocenters. The molecule has 0 heterocycles. The van der Waals surface area contributed by atoms with E-state index < -0.39 is 5.41 Å². The molecule has 0 aromatic heterocycles. The minimum absolute atomic E-state index is 0.00121. The van der Waals surface area contributed by atoms with Crippen LogP contribution in [0.1, 0.15) is 44.5 Å². The minimum Gasteiger partial charge on any atom is -0.505 e. The number of phenols is 2. The van der Waals surface area contributed by atoms with E-state index in [0.29, 0.717) is 11.1 Å². The smallest absolute Gasteiger partial charge is 0.146 e. The summed E-state index contributed by atoms with van der Waals surface area (Å²) in [7, 11) is 0. The van der Waals surface area contributed by atoms with Crippen LogP contribution in [0.15, 0.2) is 182 Å². The van der Waals surface area contributed by atoms with Gasteiger partial charge in [-0.3, -0.25) is 0 Å². The van der Waals surface area contributed by atoms with Crippen LogP contribution in [0, 0.1) is 23.7 Å². The second-order valence-corrected chi connectivity index (χ2v) is 14.1. The first kappa shape index (κ1) is 34.8. The number of nitrogens with two attached hydrogens (primary N) is 2. The summed E-state index contributed by atoms with van der Waals surface area (Å²) >= 11 is 0. The number of rotatable bonds is 4. The van der Waals surface area contributed by atoms with E-state index >= 15 is 0 Å². The Bertz CT molecular complexity index is 2730. The Morgan fingerprint density at radius 3 is 1.14 bits per heavy atom. The summed E-state index contributed by atoms with van der Waals surface area (Å²) in [5.41, 5.74) is 24.7. The predicted octanol–water partition coefficient (Wildman–Crippen LogP) is 10.8. The third kappa shape index (κ3) is 6.03. The fraction of sp³-hybridized carbons (Fsp3) is 0.0189. The van der Waals surface area contributed by atoms with Gasteiger partial charge in [-0.1, -0.05) is 145 Å². The fourth-order valence-electron chi connectivity index (χ4n) is 8.15. The third-order valence-electron chi connectivity index (χ3n) is 10.7. The Morgan fingerprint density at radius 1 is 0.386 bits per heavy atom. The van der Waals surface area contributed by atoms with Gasteiger partial charge in [0, 0.05) is 44.5 Å². The van der Waals surface area contributed by atoms with Gasteiger partial charge in [0.2, 0.25) is 0 Å². The first-order valence-corrected chi connectivity index (χ1v) is 18.7. The van der Waals surface area contributed by atoms with Gasteiger partial charge in [-0.25, -0.2) is 0 Å². The highest BCUT2D eigenvalue weighted by atomic mass is 16.3. The van der Waals surface area contributed by atoms with Gasteiger partial charge in [0.1, 0.15) is 11.5 Å². The van der Waals surface area contributed by atoms with Crippen molar-refractivity contribution in [3.8, 4) is 68.6 Å². The fourth-order valence-corrected chi connectivity index (χ4v) is 8.15. The average Bonchev–Trinajstić information content (AvgIpc) is 3.57. The van der Waals surface area contributed by atoms with Crippen LogP contribution in [0.25, 0.3) is 33.4 Å². The molecular formula is C53H36N2O2. The van der Waals surface area contributed by atoms with E-state index in [9.17, 15) is 10.2 Å². The molecule has 0 atom stereocenters. The Kier molecular flexibility index (Phi) is 8.79. The summed E-state index contributed by atoms with van der Waals surface area (Å²) in [6, 6.07) is 59.6. The van der Waals surface area contributed by atoms with Gasteiger partial charge in [0.05, 0.1) is 16.8 Å². The summed E-state index contributed by atoms with van der Waals surface area (Å²) in [6.45, 7) is 0. The maximum absolute atomic E-state index is 11.6. The third-order valence-corrected chi connectivity index (χ3v) is 10.7. The van der Waals surface area contributed by atoms with Crippen LogP contribution in [0.3, 0.4) is 0 Å². The predicted molar refractivity (Wildman–Crippen MR) is 232 cm³/mol. The molecule has 0 saturated carbocycles. The molecule has 0 spiro atoms. The molecule has 0 amide bonds. The van der Waals surface area contributed by atoms with E-state index in [1.165, 1.54) is 0 Å². The number of benzene rings is 8. The molecule has 4 heteroatoms. The summed E-state index contributed by atoms with van der Waals surface area (Å²) in [5.74, 6) is 13.9. The number of fused-ring (bicyclic) bond motifs is 3. The zero-order chi connectivity index (χ0) is 38.9. The standard InChI is InChI=1S/C53H36N2O2/c54-47-33-41(31-43(51(47)56)37-19-9-3-10-20-37)53(42-32-44(52(57)48(55)34-42)38-21-11-4-12-22-38)45-25-13-23-39(29-27-35-15-5-1-6-16-35)49(45)50-40(24-14-26-46(50)53)30-28-36-17-7-2-8-18-36/h1-26,31-34,56-57H,54-55H2. The van der Waals surface area contributed by atoms with Gasteiger partial charge in [-0.05, 0) is 94.0 Å². The lowest BCUT2D eigenvalue weighted by Gasteiger charge is -2.35. The van der Waals surface area contributed by atoms with Crippen LogP contribution >= 0.6 is 0 Å². The Labute approximate surface area is 332 Å². The molecule has 0 saturated heterocycles. The number of anilines is 2. The highest BCUT2D eigenvalue weighted by Gasteiger charge is 2.48. The van der Waals surface area contributed by atoms with Crippen molar-refractivity contribution in [2.75, 3.05) is 11.5 Å². The molecule has 0 aliphatic heterocycles. The van der Waals surface area contributed by atoms with E-state index in [1.807, 2.05) is 158 Å². The Balaban J connectivity index is 1.44. The Hall–Kier alpha value is -7.92. The molecule has 0 bridgehead atoms. The molecule has 9 rings (SSSR count). The lowest BCUT2D eigenvalue weighted by molar-refractivity contribution is 0.479. The second kappa shape index (κ2) is 14.4.